The number of hydrogen-bond acceptors (Lipinski definition) is 7. The molecule has 0 radical (unpaired) electrons. The zero-order valence-corrected chi connectivity index (χ0v) is 42.5. The summed E-state index contributed by atoms with van der Waals surface area (Å²) in [6, 6.07) is 27.9. The topological polar surface area (TPSA) is 56.8 Å². The predicted octanol–water partition coefficient (Wildman–Crippen LogP) is 16.2. The van der Waals surface area contributed by atoms with Crippen molar-refractivity contribution in [3.8, 4) is 20.9 Å². The van der Waals surface area contributed by atoms with Crippen LogP contribution in [0.4, 0.5) is 11.4 Å². The summed E-state index contributed by atoms with van der Waals surface area (Å²) in [4.78, 5) is 24.8. The van der Waals surface area contributed by atoms with E-state index in [0.717, 1.165) is 77.4 Å². The third-order valence-corrected chi connectivity index (χ3v) is 15.9. The number of amides is 1. The van der Waals surface area contributed by atoms with Gasteiger partial charge in [0.2, 0.25) is 0 Å². The van der Waals surface area contributed by atoms with Gasteiger partial charge in [-0.05, 0) is 110 Å². The number of fused-ring (bicyclic) bond motifs is 1. The SMILES string of the molecule is CCCCC(C)CN1C(c2ccc(-c3ccc(NC(CC)CCCC)cc3)s2)=C2C(=O)N(CC(CC)CCCC)C(c3ccc(-c4ccc(NC(CC)CCCC)cc4)s3)=C2C1OC. The Morgan fingerprint density at radius 3 is 1.52 bits per heavy atom. The summed E-state index contributed by atoms with van der Waals surface area (Å²) < 4.78 is 6.62. The van der Waals surface area contributed by atoms with Gasteiger partial charge in [-0.2, -0.15) is 0 Å². The molecule has 0 saturated heterocycles. The van der Waals surface area contributed by atoms with Gasteiger partial charge in [0.25, 0.3) is 5.91 Å². The van der Waals surface area contributed by atoms with Gasteiger partial charge in [-0.1, -0.05) is 137 Å². The van der Waals surface area contributed by atoms with Gasteiger partial charge in [0.15, 0.2) is 6.23 Å². The Morgan fingerprint density at radius 1 is 0.578 bits per heavy atom. The third kappa shape index (κ3) is 11.9. The molecule has 2 aliphatic heterocycles. The van der Waals surface area contributed by atoms with E-state index in [1.54, 1.807) is 22.7 Å². The molecule has 4 heterocycles. The van der Waals surface area contributed by atoms with E-state index in [2.05, 4.69) is 149 Å². The van der Waals surface area contributed by atoms with Crippen molar-refractivity contribution >= 4 is 51.3 Å². The van der Waals surface area contributed by atoms with Gasteiger partial charge >= 0.3 is 0 Å². The molecule has 6 rings (SSSR count). The van der Waals surface area contributed by atoms with Crippen molar-refractivity contribution in [1.82, 2.24) is 9.80 Å². The largest absolute Gasteiger partial charge is 0.382 e. The molecular weight excluding hydrogens is 825 g/mol. The van der Waals surface area contributed by atoms with E-state index < -0.39 is 0 Å². The Bertz CT molecular complexity index is 2110. The van der Waals surface area contributed by atoms with Crippen LogP contribution < -0.4 is 10.6 Å². The first-order valence-electron chi connectivity index (χ1n) is 25.3. The Kier molecular flexibility index (Phi) is 19.1. The predicted molar refractivity (Wildman–Crippen MR) is 279 cm³/mol. The standard InChI is InChI=1S/C56H80N4O2S2/c1-10-17-21-39(8)37-60-53(49-35-33-47(63-49)41-25-29-45(30-26-41)57-43(15-6)23-19-12-3)51-52(56(60)62-9)54(59(55(51)61)38-40(14-5)22-18-11-2)50-36-34-48(64-50)42-27-31-46(32-28-42)58-44(16-7)24-20-13-4/h25-36,39-40,43-44,56-58H,10-24,37-38H2,1-9H3. The molecule has 0 aliphatic carbocycles. The highest BCUT2D eigenvalue weighted by Crippen LogP contribution is 2.52. The van der Waals surface area contributed by atoms with Gasteiger partial charge in [0.05, 0.1) is 26.7 Å². The molecule has 2 aliphatic rings. The molecule has 2 N–H and O–H groups in total. The van der Waals surface area contributed by atoms with Gasteiger partial charge in [-0.3, -0.25) is 4.79 Å². The van der Waals surface area contributed by atoms with Crippen LogP contribution in [0.15, 0.2) is 83.9 Å². The number of anilines is 2. The van der Waals surface area contributed by atoms with Crippen LogP contribution in [0.3, 0.4) is 0 Å². The highest BCUT2D eigenvalue weighted by molar-refractivity contribution is 7.17. The lowest BCUT2D eigenvalue weighted by molar-refractivity contribution is -0.123. The second kappa shape index (κ2) is 24.6. The first-order chi connectivity index (χ1) is 31.2. The van der Waals surface area contributed by atoms with Crippen LogP contribution in [-0.4, -0.2) is 54.2 Å². The minimum absolute atomic E-state index is 0.124. The summed E-state index contributed by atoms with van der Waals surface area (Å²) >= 11 is 3.60. The molecule has 6 nitrogen and oxygen atoms in total. The van der Waals surface area contributed by atoms with Crippen LogP contribution in [0.2, 0.25) is 0 Å². The second-order valence-corrected chi connectivity index (χ2v) is 20.7. The first-order valence-corrected chi connectivity index (χ1v) is 26.9. The van der Waals surface area contributed by atoms with Crippen LogP contribution in [-0.2, 0) is 9.53 Å². The minimum Gasteiger partial charge on any atom is -0.382 e. The minimum atomic E-state index is -0.362. The lowest BCUT2D eigenvalue weighted by atomic mass is 9.98. The number of methoxy groups -OCH3 is 1. The molecule has 5 atom stereocenters. The summed E-state index contributed by atoms with van der Waals surface area (Å²) in [6.45, 7) is 19.8. The molecule has 0 saturated carbocycles. The zero-order chi connectivity index (χ0) is 45.6. The van der Waals surface area contributed by atoms with Crippen LogP contribution in [0.5, 0.6) is 0 Å². The van der Waals surface area contributed by atoms with Crippen molar-refractivity contribution in [3.05, 3.63) is 93.7 Å². The maximum atomic E-state index is 15.5. The molecule has 64 heavy (non-hydrogen) atoms. The van der Waals surface area contributed by atoms with Gasteiger partial charge < -0.3 is 25.2 Å². The van der Waals surface area contributed by atoms with Crippen molar-refractivity contribution in [3.63, 3.8) is 0 Å². The number of unbranched alkanes of at least 4 members (excludes halogenated alkanes) is 4. The molecule has 2 aromatic heterocycles. The summed E-state index contributed by atoms with van der Waals surface area (Å²) in [5.74, 6) is 0.982. The summed E-state index contributed by atoms with van der Waals surface area (Å²) in [5, 5.41) is 7.55. The molecule has 348 valence electrons. The summed E-state index contributed by atoms with van der Waals surface area (Å²) in [5.41, 5.74) is 8.72. The average molecular weight is 905 g/mol. The van der Waals surface area contributed by atoms with E-state index in [1.165, 1.54) is 90.0 Å². The first kappa shape index (κ1) is 49.6. The van der Waals surface area contributed by atoms with Gasteiger partial charge in [-0.15, -0.1) is 22.7 Å². The fourth-order valence-corrected chi connectivity index (χ4v) is 11.8. The number of ether oxygens (including phenoxy) is 1. The lowest BCUT2D eigenvalue weighted by Crippen LogP contribution is -2.37. The zero-order valence-electron chi connectivity index (χ0n) is 40.9. The van der Waals surface area contributed by atoms with Gasteiger partial charge in [0, 0.05) is 59.0 Å². The number of carbonyl (C=O) groups is 1. The normalized spacial score (nSPS) is 17.1. The van der Waals surface area contributed by atoms with Crippen molar-refractivity contribution in [2.45, 2.75) is 170 Å². The van der Waals surface area contributed by atoms with E-state index in [9.17, 15) is 0 Å². The van der Waals surface area contributed by atoms with E-state index in [-0.39, 0.29) is 12.1 Å². The Balaban J connectivity index is 1.42. The molecule has 4 aromatic rings. The molecule has 1 amide bonds. The van der Waals surface area contributed by atoms with Crippen molar-refractivity contribution in [2.75, 3.05) is 30.8 Å². The van der Waals surface area contributed by atoms with Gasteiger partial charge in [0.1, 0.15) is 0 Å². The van der Waals surface area contributed by atoms with Crippen molar-refractivity contribution in [2.24, 2.45) is 11.8 Å². The van der Waals surface area contributed by atoms with Crippen LogP contribution in [0.25, 0.3) is 32.3 Å². The number of hydrogen-bond donors (Lipinski definition) is 2. The number of nitrogens with one attached hydrogen (secondary N) is 2. The van der Waals surface area contributed by atoms with Crippen LogP contribution >= 0.6 is 22.7 Å². The Labute approximate surface area is 396 Å². The number of rotatable bonds is 28. The fourth-order valence-electron chi connectivity index (χ4n) is 9.62. The molecule has 2 aromatic carbocycles. The third-order valence-electron chi connectivity index (χ3n) is 13.6. The highest BCUT2D eigenvalue weighted by Gasteiger charge is 2.50. The van der Waals surface area contributed by atoms with E-state index in [4.69, 9.17) is 4.74 Å². The quantitative estimate of drug-likeness (QED) is 0.0595. The lowest BCUT2D eigenvalue weighted by Gasteiger charge is -2.33. The number of thiophene rings is 2. The maximum Gasteiger partial charge on any atom is 0.261 e. The fraction of sp³-hybridized carbons (Fsp3) is 0.554. The van der Waals surface area contributed by atoms with E-state index >= 15 is 4.79 Å². The van der Waals surface area contributed by atoms with Gasteiger partial charge in [-0.25, -0.2) is 0 Å². The Hall–Kier alpha value is -3.85. The second-order valence-electron chi connectivity index (χ2n) is 18.6. The number of nitrogens with zero attached hydrogens (tertiary/aromatic N) is 2. The molecular formula is C56H80N4O2S2. The van der Waals surface area contributed by atoms with Crippen molar-refractivity contribution < 1.29 is 9.53 Å². The molecule has 0 bridgehead atoms. The highest BCUT2D eigenvalue weighted by atomic mass is 32.1. The molecule has 0 fully saturated rings. The molecule has 8 heteroatoms. The summed E-state index contributed by atoms with van der Waals surface area (Å²) in [7, 11) is 1.84. The number of benzene rings is 2. The summed E-state index contributed by atoms with van der Waals surface area (Å²) in [6.07, 6.45) is 17.2. The number of carbonyl (C=O) groups excluding carboxylic acids is 1. The molecule has 5 unspecified atom stereocenters. The monoisotopic (exact) mass is 905 g/mol. The van der Waals surface area contributed by atoms with E-state index in [1.807, 2.05) is 7.11 Å². The smallest absolute Gasteiger partial charge is 0.261 e. The van der Waals surface area contributed by atoms with Crippen molar-refractivity contribution in [1.29, 1.82) is 0 Å². The van der Waals surface area contributed by atoms with E-state index in [0.29, 0.717) is 30.5 Å². The molecule has 0 spiro atoms. The van der Waals surface area contributed by atoms with Crippen LogP contribution in [0.1, 0.15) is 161 Å². The maximum absolute atomic E-state index is 15.5. The Morgan fingerprint density at radius 2 is 1.05 bits per heavy atom. The van der Waals surface area contributed by atoms with Crippen LogP contribution in [0, 0.1) is 11.8 Å². The average Bonchev–Trinajstić information content (AvgIpc) is 4.12.